The van der Waals surface area contributed by atoms with Crippen molar-refractivity contribution in [2.45, 2.75) is 22.5 Å². The number of carbonyl (C=O) groups excluding carboxylic acids is 2. The molecule has 0 spiro atoms. The number of anilines is 1. The fourth-order valence-corrected chi connectivity index (χ4v) is 4.50. The summed E-state index contributed by atoms with van der Waals surface area (Å²) in [7, 11) is 0. The van der Waals surface area contributed by atoms with Gasteiger partial charge in [-0.25, -0.2) is 9.88 Å². The molecule has 1 saturated carbocycles. The van der Waals surface area contributed by atoms with E-state index in [-0.39, 0.29) is 33.3 Å². The van der Waals surface area contributed by atoms with Crippen LogP contribution in [0.25, 0.3) is 0 Å². The standard InChI is InChI=1S/C11H10Br2N2O2S/c12-7-3-5-6(4-8(7)13)10(17)15(9(5)16)11-14-1-2-18-11/h1-2,5-8H,3-4H2/t5-,6+,7-,8-/m0/s1. The van der Waals surface area contributed by atoms with Crippen LogP contribution < -0.4 is 4.90 Å². The van der Waals surface area contributed by atoms with Crippen LogP contribution in [0, 0.1) is 11.8 Å². The Morgan fingerprint density at radius 1 is 1.17 bits per heavy atom. The number of hydrogen-bond acceptors (Lipinski definition) is 4. The van der Waals surface area contributed by atoms with Crippen molar-refractivity contribution < 1.29 is 9.59 Å². The second kappa shape index (κ2) is 4.68. The number of hydrogen-bond donors (Lipinski definition) is 0. The Labute approximate surface area is 125 Å². The van der Waals surface area contributed by atoms with Crippen LogP contribution in [0.15, 0.2) is 11.6 Å². The second-order valence-electron chi connectivity index (χ2n) is 4.54. The number of aromatic nitrogens is 1. The number of thiazole rings is 1. The zero-order chi connectivity index (χ0) is 12.9. The van der Waals surface area contributed by atoms with Crippen LogP contribution in [-0.4, -0.2) is 26.5 Å². The highest BCUT2D eigenvalue weighted by Crippen LogP contribution is 2.44. The lowest BCUT2D eigenvalue weighted by atomic mass is 9.81. The largest absolute Gasteiger partial charge is 0.274 e. The van der Waals surface area contributed by atoms with E-state index >= 15 is 0 Å². The van der Waals surface area contributed by atoms with Gasteiger partial charge < -0.3 is 0 Å². The molecule has 1 aromatic rings. The van der Waals surface area contributed by atoms with Crippen LogP contribution in [0.5, 0.6) is 0 Å². The zero-order valence-electron chi connectivity index (χ0n) is 9.25. The summed E-state index contributed by atoms with van der Waals surface area (Å²) >= 11 is 8.45. The van der Waals surface area contributed by atoms with E-state index in [1.807, 2.05) is 0 Å². The normalized spacial score (nSPS) is 36.0. The first-order valence-electron chi connectivity index (χ1n) is 5.65. The molecule has 0 bridgehead atoms. The number of rotatable bonds is 1. The predicted molar refractivity (Wildman–Crippen MR) is 76.3 cm³/mol. The summed E-state index contributed by atoms with van der Waals surface area (Å²) in [5.74, 6) is -0.577. The first-order valence-corrected chi connectivity index (χ1v) is 8.36. The zero-order valence-corrected chi connectivity index (χ0v) is 13.2. The van der Waals surface area contributed by atoms with Crippen LogP contribution >= 0.6 is 43.2 Å². The van der Waals surface area contributed by atoms with E-state index in [1.165, 1.54) is 16.2 Å². The molecule has 2 heterocycles. The summed E-state index contributed by atoms with van der Waals surface area (Å²) in [6.45, 7) is 0. The minimum absolute atomic E-state index is 0.0937. The SMILES string of the molecule is O=C1[C@H]2C[C@H](Br)[C@@H](Br)C[C@H]2C(=O)N1c1nccs1. The van der Waals surface area contributed by atoms with Crippen molar-refractivity contribution in [3.63, 3.8) is 0 Å². The van der Waals surface area contributed by atoms with Gasteiger partial charge in [-0.1, -0.05) is 31.9 Å². The molecule has 1 aromatic heterocycles. The van der Waals surface area contributed by atoms with Crippen molar-refractivity contribution in [1.82, 2.24) is 4.98 Å². The van der Waals surface area contributed by atoms with E-state index < -0.39 is 0 Å². The van der Waals surface area contributed by atoms with Gasteiger partial charge in [0.1, 0.15) is 0 Å². The van der Waals surface area contributed by atoms with Gasteiger partial charge in [0.05, 0.1) is 11.8 Å². The molecule has 0 unspecified atom stereocenters. The third-order valence-corrected chi connectivity index (χ3v) is 7.01. The Balaban J connectivity index is 1.93. The molecular weight excluding hydrogens is 384 g/mol. The van der Waals surface area contributed by atoms with Crippen LogP contribution in [0.2, 0.25) is 0 Å². The maximum absolute atomic E-state index is 12.3. The van der Waals surface area contributed by atoms with E-state index in [4.69, 9.17) is 0 Å². The third kappa shape index (κ3) is 1.87. The van der Waals surface area contributed by atoms with Crippen LogP contribution in [0.3, 0.4) is 0 Å². The summed E-state index contributed by atoms with van der Waals surface area (Å²) in [5, 5.41) is 2.27. The van der Waals surface area contributed by atoms with Crippen LogP contribution in [0.1, 0.15) is 12.8 Å². The Kier molecular flexibility index (Phi) is 3.32. The molecule has 4 nitrogen and oxygen atoms in total. The molecular formula is C11H10Br2N2O2S. The lowest BCUT2D eigenvalue weighted by Gasteiger charge is -2.29. The van der Waals surface area contributed by atoms with Gasteiger partial charge in [0.2, 0.25) is 11.8 Å². The summed E-state index contributed by atoms with van der Waals surface area (Å²) in [5.41, 5.74) is 0. The van der Waals surface area contributed by atoms with Crippen molar-refractivity contribution in [2.24, 2.45) is 11.8 Å². The highest BCUT2D eigenvalue weighted by molar-refractivity contribution is 9.12. The Morgan fingerprint density at radius 2 is 1.72 bits per heavy atom. The first-order chi connectivity index (χ1) is 8.59. The van der Waals surface area contributed by atoms with Gasteiger partial charge in [0.25, 0.3) is 0 Å². The molecule has 4 atom stereocenters. The van der Waals surface area contributed by atoms with Crippen LogP contribution in [0.4, 0.5) is 5.13 Å². The average molecular weight is 394 g/mol. The van der Waals surface area contributed by atoms with E-state index in [1.54, 1.807) is 11.6 Å². The van der Waals surface area contributed by atoms with Crippen molar-refractivity contribution in [1.29, 1.82) is 0 Å². The molecule has 1 aliphatic heterocycles. The molecule has 7 heteroatoms. The number of nitrogens with zero attached hydrogens (tertiary/aromatic N) is 2. The lowest BCUT2D eigenvalue weighted by Crippen LogP contribution is -2.34. The molecule has 2 amide bonds. The Hall–Kier alpha value is -0.270. The maximum atomic E-state index is 12.3. The quantitative estimate of drug-likeness (QED) is 0.544. The maximum Gasteiger partial charge on any atom is 0.239 e. The molecule has 1 saturated heterocycles. The number of imide groups is 1. The molecule has 0 aromatic carbocycles. The first kappa shape index (κ1) is 12.7. The van der Waals surface area contributed by atoms with Crippen molar-refractivity contribution in [3.05, 3.63) is 11.6 Å². The summed E-state index contributed by atoms with van der Waals surface area (Å²) in [6, 6.07) is 0. The summed E-state index contributed by atoms with van der Waals surface area (Å²) in [4.78, 5) is 30.5. The minimum Gasteiger partial charge on any atom is -0.274 e. The smallest absolute Gasteiger partial charge is 0.239 e. The number of amides is 2. The molecule has 1 aliphatic carbocycles. The minimum atomic E-state index is -0.195. The van der Waals surface area contributed by atoms with E-state index in [0.717, 1.165) is 0 Å². The lowest BCUT2D eigenvalue weighted by molar-refractivity contribution is -0.122. The van der Waals surface area contributed by atoms with Gasteiger partial charge in [-0.3, -0.25) is 9.59 Å². The van der Waals surface area contributed by atoms with Gasteiger partial charge in [-0.05, 0) is 12.8 Å². The Bertz CT molecular complexity index is 465. The molecule has 3 rings (SSSR count). The van der Waals surface area contributed by atoms with Gasteiger partial charge in [-0.15, -0.1) is 11.3 Å². The highest BCUT2D eigenvalue weighted by Gasteiger charge is 2.52. The number of fused-ring (bicyclic) bond motifs is 1. The van der Waals surface area contributed by atoms with Gasteiger partial charge in [0, 0.05) is 21.2 Å². The third-order valence-electron chi connectivity index (χ3n) is 3.52. The molecule has 0 N–H and O–H groups in total. The number of alkyl halides is 2. The molecule has 18 heavy (non-hydrogen) atoms. The van der Waals surface area contributed by atoms with Crippen molar-refractivity contribution in [3.8, 4) is 0 Å². The van der Waals surface area contributed by atoms with Gasteiger partial charge >= 0.3 is 0 Å². The van der Waals surface area contributed by atoms with E-state index in [9.17, 15) is 9.59 Å². The van der Waals surface area contributed by atoms with E-state index in [0.29, 0.717) is 18.0 Å². The summed E-state index contributed by atoms with van der Waals surface area (Å²) in [6.07, 6.45) is 3.02. The van der Waals surface area contributed by atoms with Gasteiger partial charge in [-0.2, -0.15) is 0 Å². The topological polar surface area (TPSA) is 50.3 Å². The summed E-state index contributed by atoms with van der Waals surface area (Å²) < 4.78 is 0. The van der Waals surface area contributed by atoms with Crippen molar-refractivity contribution in [2.75, 3.05) is 4.90 Å². The molecule has 2 fully saturated rings. The molecule has 0 radical (unpaired) electrons. The fourth-order valence-electron chi connectivity index (χ4n) is 2.61. The molecule has 2 aliphatic rings. The Morgan fingerprint density at radius 3 is 2.17 bits per heavy atom. The monoisotopic (exact) mass is 392 g/mol. The molecule has 96 valence electrons. The fraction of sp³-hybridized carbons (Fsp3) is 0.545. The number of carbonyl (C=O) groups is 2. The predicted octanol–water partition coefficient (Wildman–Crippen LogP) is 2.57. The van der Waals surface area contributed by atoms with Gasteiger partial charge in [0.15, 0.2) is 5.13 Å². The van der Waals surface area contributed by atoms with E-state index in [2.05, 4.69) is 36.8 Å². The average Bonchev–Trinajstić information content (AvgIpc) is 2.91. The number of halogens is 2. The van der Waals surface area contributed by atoms with Crippen molar-refractivity contribution >= 4 is 60.1 Å². The second-order valence-corrected chi connectivity index (χ2v) is 7.77. The highest BCUT2D eigenvalue weighted by atomic mass is 79.9. The van der Waals surface area contributed by atoms with Crippen LogP contribution in [-0.2, 0) is 9.59 Å².